The summed E-state index contributed by atoms with van der Waals surface area (Å²) in [6.45, 7) is 12.1. The maximum absolute atomic E-state index is 5.60. The highest BCUT2D eigenvalue weighted by Crippen LogP contribution is 2.13. The molecule has 0 amide bonds. The Morgan fingerprint density at radius 1 is 1.11 bits per heavy atom. The second-order valence-electron chi connectivity index (χ2n) is 6.43. The SMILES string of the molecule is CC.CC(C)=CCOCc1ccc(OCCOCCOC2CCCCO2)nc1. The van der Waals surface area contributed by atoms with Crippen LogP contribution in [-0.4, -0.2) is 50.9 Å². The average Bonchev–Trinajstić information content (AvgIpc) is 2.73. The Hall–Kier alpha value is -1.47. The molecule has 160 valence electrons. The first-order valence-electron chi connectivity index (χ1n) is 10.3. The number of nitrogens with zero attached hydrogens (tertiary/aromatic N) is 1. The molecule has 28 heavy (non-hydrogen) atoms. The molecule has 1 aliphatic rings. The summed E-state index contributed by atoms with van der Waals surface area (Å²) in [5.74, 6) is 0.591. The first-order valence-corrected chi connectivity index (χ1v) is 10.3. The number of hydrogen-bond acceptors (Lipinski definition) is 6. The van der Waals surface area contributed by atoms with Gasteiger partial charge in [-0.15, -0.1) is 0 Å². The number of pyridine rings is 1. The number of allylic oxidation sites excluding steroid dienone is 1. The van der Waals surface area contributed by atoms with E-state index in [-0.39, 0.29) is 6.29 Å². The Balaban J connectivity index is 0.00000190. The zero-order valence-electron chi connectivity index (χ0n) is 17.9. The Morgan fingerprint density at radius 2 is 1.93 bits per heavy atom. The van der Waals surface area contributed by atoms with Crippen molar-refractivity contribution in [1.82, 2.24) is 4.98 Å². The first-order chi connectivity index (χ1) is 13.7. The van der Waals surface area contributed by atoms with Crippen LogP contribution in [0.3, 0.4) is 0 Å². The molecule has 0 aliphatic carbocycles. The predicted octanol–water partition coefficient (Wildman–Crippen LogP) is 4.53. The van der Waals surface area contributed by atoms with E-state index in [4.69, 9.17) is 23.7 Å². The lowest BCUT2D eigenvalue weighted by Gasteiger charge is -2.22. The van der Waals surface area contributed by atoms with Gasteiger partial charge in [0.15, 0.2) is 6.29 Å². The molecule has 0 radical (unpaired) electrons. The molecule has 1 unspecified atom stereocenters. The highest BCUT2D eigenvalue weighted by Gasteiger charge is 2.13. The van der Waals surface area contributed by atoms with Crippen LogP contribution in [0.15, 0.2) is 30.0 Å². The Labute approximate surface area is 170 Å². The summed E-state index contributed by atoms with van der Waals surface area (Å²) in [5, 5.41) is 0. The van der Waals surface area contributed by atoms with E-state index in [1.807, 2.05) is 26.0 Å². The van der Waals surface area contributed by atoms with Gasteiger partial charge in [0.1, 0.15) is 6.61 Å². The van der Waals surface area contributed by atoms with Crippen molar-refractivity contribution < 1.29 is 23.7 Å². The van der Waals surface area contributed by atoms with Gasteiger partial charge in [0.25, 0.3) is 0 Å². The van der Waals surface area contributed by atoms with Gasteiger partial charge in [-0.3, -0.25) is 0 Å². The minimum absolute atomic E-state index is 0.0580. The number of aromatic nitrogens is 1. The van der Waals surface area contributed by atoms with Crippen molar-refractivity contribution in [2.45, 2.75) is 59.9 Å². The topological polar surface area (TPSA) is 59.0 Å². The average molecular weight is 396 g/mol. The summed E-state index contributed by atoms with van der Waals surface area (Å²) in [4.78, 5) is 4.27. The predicted molar refractivity (Wildman–Crippen MR) is 111 cm³/mol. The van der Waals surface area contributed by atoms with E-state index >= 15 is 0 Å². The van der Waals surface area contributed by atoms with E-state index in [9.17, 15) is 0 Å². The molecule has 0 saturated carbocycles. The van der Waals surface area contributed by atoms with E-state index in [1.165, 1.54) is 12.0 Å². The molecule has 1 aromatic rings. The van der Waals surface area contributed by atoms with Gasteiger partial charge in [-0.1, -0.05) is 25.5 Å². The van der Waals surface area contributed by atoms with Crippen molar-refractivity contribution in [3.05, 3.63) is 35.5 Å². The third-order valence-electron chi connectivity index (χ3n) is 3.82. The molecule has 0 spiro atoms. The van der Waals surface area contributed by atoms with Gasteiger partial charge < -0.3 is 23.7 Å². The van der Waals surface area contributed by atoms with Crippen molar-refractivity contribution in [2.24, 2.45) is 0 Å². The molecule has 0 N–H and O–H groups in total. The van der Waals surface area contributed by atoms with Crippen molar-refractivity contribution in [3.63, 3.8) is 0 Å². The van der Waals surface area contributed by atoms with Crippen LogP contribution in [0.5, 0.6) is 5.88 Å². The van der Waals surface area contributed by atoms with E-state index in [0.717, 1.165) is 25.0 Å². The summed E-state index contributed by atoms with van der Waals surface area (Å²) in [7, 11) is 0. The van der Waals surface area contributed by atoms with Crippen LogP contribution >= 0.6 is 0 Å². The molecule has 1 aliphatic heterocycles. The maximum atomic E-state index is 5.60. The summed E-state index contributed by atoms with van der Waals surface area (Å²) >= 11 is 0. The van der Waals surface area contributed by atoms with Crippen LogP contribution in [0, 0.1) is 0 Å². The maximum Gasteiger partial charge on any atom is 0.213 e. The second kappa shape index (κ2) is 16.5. The van der Waals surface area contributed by atoms with Crippen molar-refractivity contribution in [3.8, 4) is 5.88 Å². The number of ether oxygens (including phenoxy) is 5. The third kappa shape index (κ3) is 12.1. The smallest absolute Gasteiger partial charge is 0.213 e. The summed E-state index contributed by atoms with van der Waals surface area (Å²) < 4.78 is 27.7. The van der Waals surface area contributed by atoms with Crippen molar-refractivity contribution >= 4 is 0 Å². The molecule has 2 rings (SSSR count). The standard InChI is InChI=1S/C20H31NO5.C2H6/c1-17(2)8-10-23-16-18-6-7-19(21-15-18)24-13-11-22-12-14-26-20-5-3-4-9-25-20;1-2/h6-8,15,20H,3-5,9-14,16H2,1-2H3;1-2H3. The Bertz CT molecular complexity index is 508. The fourth-order valence-corrected chi connectivity index (χ4v) is 2.37. The van der Waals surface area contributed by atoms with Crippen molar-refractivity contribution in [2.75, 3.05) is 39.6 Å². The van der Waals surface area contributed by atoms with Gasteiger partial charge in [0.05, 0.1) is 33.0 Å². The first kappa shape index (κ1) is 24.6. The van der Waals surface area contributed by atoms with Gasteiger partial charge in [0, 0.05) is 18.9 Å². The largest absolute Gasteiger partial charge is 0.475 e. The van der Waals surface area contributed by atoms with Gasteiger partial charge in [-0.25, -0.2) is 4.98 Å². The zero-order chi connectivity index (χ0) is 20.5. The minimum atomic E-state index is -0.0580. The summed E-state index contributed by atoms with van der Waals surface area (Å²) in [6, 6.07) is 3.81. The van der Waals surface area contributed by atoms with E-state index in [0.29, 0.717) is 45.5 Å². The zero-order valence-corrected chi connectivity index (χ0v) is 17.9. The molecule has 6 nitrogen and oxygen atoms in total. The van der Waals surface area contributed by atoms with Crippen LogP contribution in [0.4, 0.5) is 0 Å². The molecule has 1 aromatic heterocycles. The minimum Gasteiger partial charge on any atom is -0.475 e. The quantitative estimate of drug-likeness (QED) is 0.383. The van der Waals surface area contributed by atoms with Crippen LogP contribution in [-0.2, 0) is 25.6 Å². The van der Waals surface area contributed by atoms with Gasteiger partial charge >= 0.3 is 0 Å². The second-order valence-corrected chi connectivity index (χ2v) is 6.43. The van der Waals surface area contributed by atoms with Gasteiger partial charge in [-0.2, -0.15) is 0 Å². The summed E-state index contributed by atoms with van der Waals surface area (Å²) in [5.41, 5.74) is 2.28. The number of hydrogen-bond donors (Lipinski definition) is 0. The molecular formula is C22H37NO5. The lowest BCUT2D eigenvalue weighted by Crippen LogP contribution is -2.24. The third-order valence-corrected chi connectivity index (χ3v) is 3.82. The van der Waals surface area contributed by atoms with E-state index < -0.39 is 0 Å². The van der Waals surface area contributed by atoms with Crippen molar-refractivity contribution in [1.29, 1.82) is 0 Å². The molecule has 6 heteroatoms. The fourth-order valence-electron chi connectivity index (χ4n) is 2.37. The summed E-state index contributed by atoms with van der Waals surface area (Å²) in [6.07, 6.45) is 7.05. The molecule has 1 saturated heterocycles. The monoisotopic (exact) mass is 395 g/mol. The lowest BCUT2D eigenvalue weighted by molar-refractivity contribution is -0.169. The Morgan fingerprint density at radius 3 is 2.61 bits per heavy atom. The van der Waals surface area contributed by atoms with E-state index in [1.54, 1.807) is 6.20 Å². The molecule has 2 heterocycles. The number of rotatable bonds is 12. The molecule has 0 aromatic carbocycles. The molecule has 1 fully saturated rings. The van der Waals surface area contributed by atoms with E-state index in [2.05, 4.69) is 24.9 Å². The van der Waals surface area contributed by atoms with Crippen LogP contribution in [0.1, 0.15) is 52.5 Å². The molecular weight excluding hydrogens is 358 g/mol. The normalized spacial score (nSPS) is 16.1. The van der Waals surface area contributed by atoms with Gasteiger partial charge in [0.2, 0.25) is 5.88 Å². The highest BCUT2D eigenvalue weighted by atomic mass is 16.7. The molecule has 0 bridgehead atoms. The Kier molecular flexibility index (Phi) is 14.5. The van der Waals surface area contributed by atoms with Crippen LogP contribution in [0.25, 0.3) is 0 Å². The van der Waals surface area contributed by atoms with Crippen LogP contribution < -0.4 is 4.74 Å². The highest BCUT2D eigenvalue weighted by molar-refractivity contribution is 5.17. The van der Waals surface area contributed by atoms with Crippen LogP contribution in [0.2, 0.25) is 0 Å². The van der Waals surface area contributed by atoms with Gasteiger partial charge in [-0.05, 0) is 44.7 Å². The molecule has 1 atom stereocenters. The fraction of sp³-hybridized carbons (Fsp3) is 0.682. The lowest BCUT2D eigenvalue weighted by atomic mass is 10.2.